The first kappa shape index (κ1) is 20.3. The lowest BCUT2D eigenvalue weighted by atomic mass is 9.70. The van der Waals surface area contributed by atoms with Crippen molar-refractivity contribution in [2.24, 2.45) is 23.7 Å². The predicted octanol–water partition coefficient (Wildman–Crippen LogP) is 4.52. The summed E-state index contributed by atoms with van der Waals surface area (Å²) in [5.74, 6) is 1.44. The first-order chi connectivity index (χ1) is 12.4. The van der Waals surface area contributed by atoms with E-state index < -0.39 is 5.97 Å². The molecule has 5 heteroatoms. The number of rotatable bonds is 6. The SMILES string of the molecule is CCOC(=O)c1ccc(OC)cc1NC(=O)[C@@H]1C[C@H](C)CC[C@H]1C(C)C. The molecule has 0 unspecified atom stereocenters. The average molecular weight is 361 g/mol. The summed E-state index contributed by atoms with van der Waals surface area (Å²) in [7, 11) is 1.56. The standard InChI is InChI=1S/C21H31NO4/c1-6-26-21(24)17-10-8-15(25-5)12-19(17)22-20(23)18-11-14(4)7-9-16(18)13(2)3/h8,10,12-14,16,18H,6-7,9,11H2,1-5H3,(H,22,23)/t14-,16+,18-/m1/s1. The number of esters is 1. The third-order valence-electron chi connectivity index (χ3n) is 5.34. The lowest BCUT2D eigenvalue weighted by Gasteiger charge is -2.36. The molecule has 0 heterocycles. The summed E-state index contributed by atoms with van der Waals surface area (Å²) >= 11 is 0. The summed E-state index contributed by atoms with van der Waals surface area (Å²) in [5, 5.41) is 2.98. The normalized spacial score (nSPS) is 22.8. The van der Waals surface area contributed by atoms with Crippen LogP contribution in [0.5, 0.6) is 5.75 Å². The molecule has 26 heavy (non-hydrogen) atoms. The Morgan fingerprint density at radius 3 is 2.62 bits per heavy atom. The quantitative estimate of drug-likeness (QED) is 0.757. The minimum Gasteiger partial charge on any atom is -0.497 e. The molecule has 0 spiro atoms. The van der Waals surface area contributed by atoms with Crippen LogP contribution in [-0.4, -0.2) is 25.6 Å². The number of methoxy groups -OCH3 is 1. The van der Waals surface area contributed by atoms with Gasteiger partial charge in [-0.05, 0) is 49.7 Å². The molecule has 1 aliphatic carbocycles. The van der Waals surface area contributed by atoms with Gasteiger partial charge in [0.05, 0.1) is 25.0 Å². The minimum absolute atomic E-state index is 0.0194. The topological polar surface area (TPSA) is 64.6 Å². The second-order valence-corrected chi connectivity index (χ2v) is 7.55. The molecule has 1 fully saturated rings. The van der Waals surface area contributed by atoms with Crippen LogP contribution in [0.15, 0.2) is 18.2 Å². The molecule has 1 aromatic carbocycles. The van der Waals surface area contributed by atoms with Gasteiger partial charge in [-0.3, -0.25) is 4.79 Å². The van der Waals surface area contributed by atoms with Crippen LogP contribution in [0.1, 0.15) is 57.3 Å². The summed E-state index contributed by atoms with van der Waals surface area (Å²) in [4.78, 5) is 25.3. The average Bonchev–Trinajstić information content (AvgIpc) is 2.61. The molecule has 0 saturated heterocycles. The van der Waals surface area contributed by atoms with E-state index >= 15 is 0 Å². The van der Waals surface area contributed by atoms with Crippen molar-refractivity contribution in [1.82, 2.24) is 0 Å². The molecule has 1 N–H and O–H groups in total. The highest BCUT2D eigenvalue weighted by molar-refractivity contribution is 6.02. The van der Waals surface area contributed by atoms with E-state index in [1.165, 1.54) is 6.42 Å². The number of anilines is 1. The van der Waals surface area contributed by atoms with Gasteiger partial charge in [0, 0.05) is 12.0 Å². The van der Waals surface area contributed by atoms with E-state index in [1.54, 1.807) is 32.2 Å². The van der Waals surface area contributed by atoms with Gasteiger partial charge in [-0.1, -0.05) is 27.2 Å². The third-order valence-corrected chi connectivity index (χ3v) is 5.34. The van der Waals surface area contributed by atoms with Gasteiger partial charge in [0.1, 0.15) is 5.75 Å². The van der Waals surface area contributed by atoms with Crippen molar-refractivity contribution in [2.75, 3.05) is 19.0 Å². The number of carbonyl (C=O) groups is 2. The van der Waals surface area contributed by atoms with E-state index in [4.69, 9.17) is 9.47 Å². The second-order valence-electron chi connectivity index (χ2n) is 7.55. The van der Waals surface area contributed by atoms with Crippen LogP contribution in [-0.2, 0) is 9.53 Å². The third kappa shape index (κ3) is 4.77. The van der Waals surface area contributed by atoms with E-state index in [2.05, 4.69) is 26.1 Å². The molecule has 0 bridgehead atoms. The van der Waals surface area contributed by atoms with Crippen molar-refractivity contribution >= 4 is 17.6 Å². The van der Waals surface area contributed by atoms with Crippen LogP contribution in [0.3, 0.4) is 0 Å². The molecule has 0 aromatic heterocycles. The molecule has 144 valence electrons. The minimum atomic E-state index is -0.442. The van der Waals surface area contributed by atoms with Gasteiger partial charge in [-0.2, -0.15) is 0 Å². The Morgan fingerprint density at radius 2 is 2.00 bits per heavy atom. The van der Waals surface area contributed by atoms with Crippen molar-refractivity contribution in [3.63, 3.8) is 0 Å². The number of benzene rings is 1. The zero-order valence-electron chi connectivity index (χ0n) is 16.5. The first-order valence-corrected chi connectivity index (χ1v) is 9.53. The molecule has 0 radical (unpaired) electrons. The zero-order valence-corrected chi connectivity index (χ0v) is 16.5. The Labute approximate surface area is 156 Å². The van der Waals surface area contributed by atoms with Crippen molar-refractivity contribution in [3.05, 3.63) is 23.8 Å². The summed E-state index contributed by atoms with van der Waals surface area (Å²) in [5.41, 5.74) is 0.805. The number of hydrogen-bond acceptors (Lipinski definition) is 4. The number of ether oxygens (including phenoxy) is 2. The monoisotopic (exact) mass is 361 g/mol. The first-order valence-electron chi connectivity index (χ1n) is 9.53. The largest absolute Gasteiger partial charge is 0.497 e. The molecular formula is C21H31NO4. The highest BCUT2D eigenvalue weighted by Gasteiger charge is 2.35. The maximum atomic E-state index is 13.1. The lowest BCUT2D eigenvalue weighted by Crippen LogP contribution is -2.36. The van der Waals surface area contributed by atoms with Crippen molar-refractivity contribution < 1.29 is 19.1 Å². The second kappa shape index (κ2) is 9.06. The molecule has 0 aliphatic heterocycles. The summed E-state index contributed by atoms with van der Waals surface area (Å²) in [6.07, 6.45) is 3.12. The van der Waals surface area contributed by atoms with E-state index in [1.807, 2.05) is 0 Å². The van der Waals surface area contributed by atoms with Crippen molar-refractivity contribution in [2.45, 2.75) is 47.0 Å². The molecule has 1 amide bonds. The fourth-order valence-electron chi connectivity index (χ4n) is 3.87. The van der Waals surface area contributed by atoms with Crippen molar-refractivity contribution in [3.8, 4) is 5.75 Å². The van der Waals surface area contributed by atoms with Crippen LogP contribution in [0.4, 0.5) is 5.69 Å². The number of carbonyl (C=O) groups excluding carboxylic acids is 2. The van der Waals surface area contributed by atoms with Gasteiger partial charge in [-0.15, -0.1) is 0 Å². The maximum absolute atomic E-state index is 13.1. The number of nitrogens with one attached hydrogen (secondary N) is 1. The summed E-state index contributed by atoms with van der Waals surface area (Å²) in [6.45, 7) is 8.60. The van der Waals surface area contributed by atoms with Crippen LogP contribution in [0, 0.1) is 23.7 Å². The van der Waals surface area contributed by atoms with Gasteiger partial charge in [-0.25, -0.2) is 4.79 Å². The highest BCUT2D eigenvalue weighted by atomic mass is 16.5. The molecule has 2 rings (SSSR count). The maximum Gasteiger partial charge on any atom is 0.340 e. The zero-order chi connectivity index (χ0) is 19.3. The number of hydrogen-bond donors (Lipinski definition) is 1. The van der Waals surface area contributed by atoms with E-state index in [0.717, 1.165) is 12.8 Å². The van der Waals surface area contributed by atoms with E-state index in [0.29, 0.717) is 34.8 Å². The Bertz CT molecular complexity index is 641. The van der Waals surface area contributed by atoms with E-state index in [-0.39, 0.29) is 18.4 Å². The molecule has 3 atom stereocenters. The number of amides is 1. The highest BCUT2D eigenvalue weighted by Crippen LogP contribution is 2.39. The van der Waals surface area contributed by atoms with Crippen LogP contribution in [0.25, 0.3) is 0 Å². The molecule has 1 saturated carbocycles. The van der Waals surface area contributed by atoms with Crippen molar-refractivity contribution in [1.29, 1.82) is 0 Å². The Balaban J connectivity index is 2.27. The van der Waals surface area contributed by atoms with Crippen LogP contribution in [0.2, 0.25) is 0 Å². The Morgan fingerprint density at radius 1 is 1.27 bits per heavy atom. The van der Waals surface area contributed by atoms with E-state index in [9.17, 15) is 9.59 Å². The fourth-order valence-corrected chi connectivity index (χ4v) is 3.87. The summed E-state index contributed by atoms with van der Waals surface area (Å²) < 4.78 is 10.4. The van der Waals surface area contributed by atoms with Gasteiger partial charge in [0.25, 0.3) is 0 Å². The smallest absolute Gasteiger partial charge is 0.340 e. The molecule has 1 aromatic rings. The Kier molecular flexibility index (Phi) is 7.06. The fraction of sp³-hybridized carbons (Fsp3) is 0.619. The van der Waals surface area contributed by atoms with Gasteiger partial charge in [0.2, 0.25) is 5.91 Å². The molecule has 5 nitrogen and oxygen atoms in total. The predicted molar refractivity (Wildman–Crippen MR) is 102 cm³/mol. The van der Waals surface area contributed by atoms with Gasteiger partial charge in [0.15, 0.2) is 0 Å². The van der Waals surface area contributed by atoms with Crippen LogP contribution < -0.4 is 10.1 Å². The molecular weight excluding hydrogens is 330 g/mol. The molecule has 1 aliphatic rings. The Hall–Kier alpha value is -2.04. The summed E-state index contributed by atoms with van der Waals surface area (Å²) in [6, 6.07) is 5.01. The van der Waals surface area contributed by atoms with Gasteiger partial charge >= 0.3 is 5.97 Å². The van der Waals surface area contributed by atoms with Crippen LogP contribution >= 0.6 is 0 Å². The lowest BCUT2D eigenvalue weighted by molar-refractivity contribution is -0.123. The van der Waals surface area contributed by atoms with Gasteiger partial charge < -0.3 is 14.8 Å².